The molecule has 2 atom stereocenters. The lowest BCUT2D eigenvalue weighted by Gasteiger charge is -2.36. The molecule has 2 aromatic rings. The van der Waals surface area contributed by atoms with E-state index in [-0.39, 0.29) is 16.6 Å². The van der Waals surface area contributed by atoms with Crippen LogP contribution < -0.4 is 13.8 Å². The average Bonchev–Trinajstić information content (AvgIpc) is 2.82. The van der Waals surface area contributed by atoms with Crippen LogP contribution in [0.3, 0.4) is 0 Å². The molecule has 1 aliphatic rings. The highest BCUT2D eigenvalue weighted by Gasteiger charge is 2.33. The zero-order valence-electron chi connectivity index (χ0n) is 18.6. The molecule has 1 fully saturated rings. The molecule has 1 saturated carbocycles. The fraction of sp³-hybridized carbons (Fsp3) is 0.435. The molecule has 0 bridgehead atoms. The number of carbonyl (C=O) groups excluding carboxylic acids is 1. The Bertz CT molecular complexity index is 1030. The van der Waals surface area contributed by atoms with E-state index < -0.39 is 28.6 Å². The third-order valence-electron chi connectivity index (χ3n) is 5.85. The van der Waals surface area contributed by atoms with Crippen molar-refractivity contribution in [1.82, 2.24) is 4.90 Å². The summed E-state index contributed by atoms with van der Waals surface area (Å²) in [5, 5.41) is 10.3. The van der Waals surface area contributed by atoms with E-state index in [1.54, 1.807) is 37.4 Å². The van der Waals surface area contributed by atoms with E-state index >= 15 is 0 Å². The number of anilines is 1. The molecule has 0 aromatic heterocycles. The third kappa shape index (κ3) is 4.99. The van der Waals surface area contributed by atoms with Crippen LogP contribution in [0.15, 0.2) is 53.4 Å². The van der Waals surface area contributed by atoms with Gasteiger partial charge in [0.15, 0.2) is 11.5 Å². The van der Waals surface area contributed by atoms with Gasteiger partial charge in [-0.3, -0.25) is 9.10 Å². The standard InChI is InChI=1S/C23H30N2O6S/c1-24(19-11-7-8-12-20(19)26)23(27)16-25(32(28,29)18-9-5-4-6-10-18)17-13-14-21(30-2)22(15-17)31-3/h4-6,9-10,13-15,19-20,26H,7-8,11-12,16H2,1-3H3. The van der Waals surface area contributed by atoms with Crippen LogP contribution in [0, 0.1) is 0 Å². The van der Waals surface area contributed by atoms with Crippen molar-refractivity contribution in [2.75, 3.05) is 32.1 Å². The number of hydrogen-bond acceptors (Lipinski definition) is 6. The number of nitrogens with zero attached hydrogens (tertiary/aromatic N) is 2. The molecule has 1 aliphatic carbocycles. The van der Waals surface area contributed by atoms with Crippen LogP contribution in [-0.2, 0) is 14.8 Å². The first-order chi connectivity index (χ1) is 15.3. The van der Waals surface area contributed by atoms with E-state index in [1.165, 1.54) is 37.3 Å². The number of sulfonamides is 1. The second kappa shape index (κ2) is 10.2. The van der Waals surface area contributed by atoms with E-state index in [4.69, 9.17) is 9.47 Å². The summed E-state index contributed by atoms with van der Waals surface area (Å²) in [4.78, 5) is 14.7. The number of aliphatic hydroxyl groups excluding tert-OH is 1. The second-order valence-electron chi connectivity index (χ2n) is 7.79. The smallest absolute Gasteiger partial charge is 0.264 e. The fourth-order valence-electron chi connectivity index (χ4n) is 3.98. The minimum Gasteiger partial charge on any atom is -0.493 e. The van der Waals surface area contributed by atoms with Crippen molar-refractivity contribution >= 4 is 21.6 Å². The maximum Gasteiger partial charge on any atom is 0.264 e. The summed E-state index contributed by atoms with van der Waals surface area (Å²) >= 11 is 0. The molecule has 2 aromatic carbocycles. The number of amides is 1. The van der Waals surface area contributed by atoms with Crippen molar-refractivity contribution in [3.63, 3.8) is 0 Å². The first-order valence-corrected chi connectivity index (χ1v) is 12.0. The van der Waals surface area contributed by atoms with E-state index in [0.717, 1.165) is 17.1 Å². The number of rotatable bonds is 8. The number of likely N-dealkylation sites (N-methyl/N-ethyl adjacent to an activating group) is 1. The summed E-state index contributed by atoms with van der Waals surface area (Å²) in [7, 11) is 0.519. The Hall–Kier alpha value is -2.78. The summed E-state index contributed by atoms with van der Waals surface area (Å²) in [6.45, 7) is -0.410. The highest BCUT2D eigenvalue weighted by molar-refractivity contribution is 7.92. The van der Waals surface area contributed by atoms with Crippen molar-refractivity contribution in [2.45, 2.75) is 42.7 Å². The molecule has 32 heavy (non-hydrogen) atoms. The number of aliphatic hydroxyl groups is 1. The summed E-state index contributed by atoms with van der Waals surface area (Å²) in [5.41, 5.74) is 0.275. The molecular weight excluding hydrogens is 432 g/mol. The second-order valence-corrected chi connectivity index (χ2v) is 9.65. The van der Waals surface area contributed by atoms with Crippen LogP contribution in [0.4, 0.5) is 5.69 Å². The molecule has 1 N–H and O–H groups in total. The van der Waals surface area contributed by atoms with Crippen LogP contribution in [-0.4, -0.2) is 64.3 Å². The van der Waals surface area contributed by atoms with Crippen molar-refractivity contribution in [3.8, 4) is 11.5 Å². The molecule has 0 aliphatic heterocycles. The van der Waals surface area contributed by atoms with Gasteiger partial charge in [0.05, 0.1) is 36.9 Å². The SMILES string of the molecule is COc1ccc(N(CC(=O)N(C)C2CCCCC2O)S(=O)(=O)c2ccccc2)cc1OC. The van der Waals surface area contributed by atoms with Gasteiger partial charge < -0.3 is 19.5 Å². The predicted molar refractivity (Wildman–Crippen MR) is 122 cm³/mol. The number of carbonyl (C=O) groups is 1. The van der Waals surface area contributed by atoms with Gasteiger partial charge in [-0.1, -0.05) is 31.0 Å². The molecule has 1 amide bonds. The Balaban J connectivity index is 1.98. The lowest BCUT2D eigenvalue weighted by Crippen LogP contribution is -2.50. The van der Waals surface area contributed by atoms with E-state index in [0.29, 0.717) is 24.3 Å². The molecule has 0 spiro atoms. The van der Waals surface area contributed by atoms with Gasteiger partial charge in [-0.2, -0.15) is 0 Å². The number of methoxy groups -OCH3 is 2. The maximum absolute atomic E-state index is 13.5. The molecular formula is C23H30N2O6S. The van der Waals surface area contributed by atoms with E-state index in [2.05, 4.69) is 0 Å². The van der Waals surface area contributed by atoms with Gasteiger partial charge in [-0.05, 0) is 37.1 Å². The van der Waals surface area contributed by atoms with Crippen LogP contribution in [0.2, 0.25) is 0 Å². The Morgan fingerprint density at radius 3 is 2.31 bits per heavy atom. The first kappa shape index (κ1) is 23.9. The minimum absolute atomic E-state index is 0.0722. The number of benzene rings is 2. The molecule has 0 saturated heterocycles. The molecule has 2 unspecified atom stereocenters. The Kier molecular flexibility index (Phi) is 7.63. The molecule has 3 rings (SSSR count). The quantitative estimate of drug-likeness (QED) is 0.648. The number of hydrogen-bond donors (Lipinski definition) is 1. The molecule has 8 nitrogen and oxygen atoms in total. The zero-order valence-corrected chi connectivity index (χ0v) is 19.4. The van der Waals surface area contributed by atoms with Gasteiger partial charge in [0.1, 0.15) is 6.54 Å². The Labute approximate surface area is 189 Å². The van der Waals surface area contributed by atoms with E-state index in [9.17, 15) is 18.3 Å². The van der Waals surface area contributed by atoms with E-state index in [1.807, 2.05) is 0 Å². The van der Waals surface area contributed by atoms with Gasteiger partial charge in [0, 0.05) is 13.1 Å². The lowest BCUT2D eigenvalue weighted by molar-refractivity contribution is -0.133. The molecule has 174 valence electrons. The molecule has 0 radical (unpaired) electrons. The van der Waals surface area contributed by atoms with Crippen molar-refractivity contribution in [2.24, 2.45) is 0 Å². The predicted octanol–water partition coefficient (Wildman–Crippen LogP) is 2.66. The minimum atomic E-state index is -4.04. The molecule has 9 heteroatoms. The van der Waals surface area contributed by atoms with Gasteiger partial charge in [0.25, 0.3) is 10.0 Å². The summed E-state index contributed by atoms with van der Waals surface area (Å²) in [6.07, 6.45) is 2.54. The van der Waals surface area contributed by atoms with Gasteiger partial charge >= 0.3 is 0 Å². The highest BCUT2D eigenvalue weighted by Crippen LogP contribution is 2.34. The zero-order chi connectivity index (χ0) is 23.3. The van der Waals surface area contributed by atoms with Crippen LogP contribution >= 0.6 is 0 Å². The maximum atomic E-state index is 13.5. The normalized spacial score (nSPS) is 18.6. The summed E-state index contributed by atoms with van der Waals surface area (Å²) < 4.78 is 38.7. The van der Waals surface area contributed by atoms with Gasteiger partial charge in [-0.15, -0.1) is 0 Å². The summed E-state index contributed by atoms with van der Waals surface area (Å²) in [5.74, 6) is 0.397. The Morgan fingerprint density at radius 1 is 1.03 bits per heavy atom. The van der Waals surface area contributed by atoms with Crippen LogP contribution in [0.5, 0.6) is 11.5 Å². The van der Waals surface area contributed by atoms with Gasteiger partial charge in [0.2, 0.25) is 5.91 Å². The average molecular weight is 463 g/mol. The van der Waals surface area contributed by atoms with Crippen molar-refractivity contribution in [3.05, 3.63) is 48.5 Å². The topological polar surface area (TPSA) is 96.4 Å². The Morgan fingerprint density at radius 2 is 1.69 bits per heavy atom. The van der Waals surface area contributed by atoms with Gasteiger partial charge in [-0.25, -0.2) is 8.42 Å². The number of ether oxygens (including phenoxy) is 2. The highest BCUT2D eigenvalue weighted by atomic mass is 32.2. The first-order valence-electron chi connectivity index (χ1n) is 10.5. The van der Waals surface area contributed by atoms with Crippen molar-refractivity contribution in [1.29, 1.82) is 0 Å². The fourth-order valence-corrected chi connectivity index (χ4v) is 5.40. The van der Waals surface area contributed by atoms with Crippen LogP contribution in [0.25, 0.3) is 0 Å². The van der Waals surface area contributed by atoms with Crippen LogP contribution in [0.1, 0.15) is 25.7 Å². The molecule has 0 heterocycles. The van der Waals surface area contributed by atoms with Crippen molar-refractivity contribution < 1.29 is 27.8 Å². The third-order valence-corrected chi connectivity index (χ3v) is 7.64. The monoisotopic (exact) mass is 462 g/mol. The largest absolute Gasteiger partial charge is 0.493 e. The lowest BCUT2D eigenvalue weighted by atomic mass is 9.91. The summed E-state index contributed by atoms with van der Waals surface area (Å²) in [6, 6.07) is 12.3.